The Kier molecular flexibility index (Phi) is 5.05. The molecule has 104 valence electrons. The number of ether oxygens (including phenoxy) is 1. The Bertz CT molecular complexity index is 611. The molecule has 2 nitrogen and oxygen atoms in total. The van der Waals surface area contributed by atoms with Gasteiger partial charge in [0.2, 0.25) is 5.24 Å². The molecular weight excluding hydrogens is 295 g/mol. The summed E-state index contributed by atoms with van der Waals surface area (Å²) in [6.07, 6.45) is 0.454. The van der Waals surface area contributed by atoms with E-state index in [0.717, 1.165) is 16.9 Å². The molecule has 1 atom stereocenters. The minimum Gasteiger partial charge on any atom is -0.496 e. The number of carbonyl (C=O) groups is 1. The summed E-state index contributed by atoms with van der Waals surface area (Å²) in [4.78, 5) is 11.8. The SMILES string of the molecule is COc1ccccc1CC(C(=O)Cl)c1ccccc1Cl. The van der Waals surface area contributed by atoms with E-state index in [0.29, 0.717) is 11.4 Å². The van der Waals surface area contributed by atoms with Gasteiger partial charge in [-0.05, 0) is 41.3 Å². The van der Waals surface area contributed by atoms with E-state index in [4.69, 9.17) is 27.9 Å². The molecule has 0 bridgehead atoms. The highest BCUT2D eigenvalue weighted by molar-refractivity contribution is 6.64. The van der Waals surface area contributed by atoms with Gasteiger partial charge in [0.1, 0.15) is 5.75 Å². The van der Waals surface area contributed by atoms with Crippen molar-refractivity contribution in [2.45, 2.75) is 12.3 Å². The maximum absolute atomic E-state index is 11.8. The van der Waals surface area contributed by atoms with Gasteiger partial charge in [0.25, 0.3) is 0 Å². The van der Waals surface area contributed by atoms with Crippen molar-refractivity contribution in [3.05, 3.63) is 64.7 Å². The van der Waals surface area contributed by atoms with Crippen LogP contribution in [0.2, 0.25) is 5.02 Å². The fourth-order valence-electron chi connectivity index (χ4n) is 2.16. The molecule has 0 heterocycles. The Morgan fingerprint density at radius 3 is 2.45 bits per heavy atom. The Balaban J connectivity index is 2.36. The monoisotopic (exact) mass is 308 g/mol. The van der Waals surface area contributed by atoms with Crippen molar-refractivity contribution in [1.82, 2.24) is 0 Å². The van der Waals surface area contributed by atoms with E-state index in [1.54, 1.807) is 13.2 Å². The van der Waals surface area contributed by atoms with Crippen LogP contribution in [0.5, 0.6) is 5.75 Å². The summed E-state index contributed by atoms with van der Waals surface area (Å²) >= 11 is 11.9. The average molecular weight is 309 g/mol. The first kappa shape index (κ1) is 14.9. The molecule has 2 rings (SSSR count). The molecule has 0 amide bonds. The fourth-order valence-corrected chi connectivity index (χ4v) is 2.62. The van der Waals surface area contributed by atoms with E-state index in [2.05, 4.69) is 0 Å². The molecule has 0 aliphatic heterocycles. The number of carbonyl (C=O) groups excluding carboxylic acids is 1. The number of para-hydroxylation sites is 1. The summed E-state index contributed by atoms with van der Waals surface area (Å²) in [5, 5.41) is 0.116. The molecule has 0 aliphatic rings. The minimum absolute atomic E-state index is 0.427. The molecule has 1 unspecified atom stereocenters. The third-order valence-corrected chi connectivity index (χ3v) is 3.78. The largest absolute Gasteiger partial charge is 0.496 e. The summed E-state index contributed by atoms with van der Waals surface area (Å²) in [6, 6.07) is 14.8. The lowest BCUT2D eigenvalue weighted by atomic mass is 9.92. The zero-order chi connectivity index (χ0) is 14.5. The second-order valence-electron chi connectivity index (χ2n) is 4.39. The number of hydrogen-bond acceptors (Lipinski definition) is 2. The lowest BCUT2D eigenvalue weighted by Gasteiger charge is -2.16. The summed E-state index contributed by atoms with van der Waals surface area (Å²) < 4.78 is 5.30. The lowest BCUT2D eigenvalue weighted by molar-refractivity contribution is -0.113. The van der Waals surface area contributed by atoms with Crippen molar-refractivity contribution in [1.29, 1.82) is 0 Å². The van der Waals surface area contributed by atoms with Gasteiger partial charge in [-0.15, -0.1) is 0 Å². The first-order valence-corrected chi connectivity index (χ1v) is 6.94. The van der Waals surface area contributed by atoms with Crippen LogP contribution < -0.4 is 4.74 Å². The van der Waals surface area contributed by atoms with Gasteiger partial charge in [-0.2, -0.15) is 0 Å². The zero-order valence-electron chi connectivity index (χ0n) is 11.0. The highest BCUT2D eigenvalue weighted by atomic mass is 35.5. The fraction of sp³-hybridized carbons (Fsp3) is 0.188. The normalized spacial score (nSPS) is 11.9. The molecule has 0 radical (unpaired) electrons. The van der Waals surface area contributed by atoms with Crippen LogP contribution >= 0.6 is 23.2 Å². The Morgan fingerprint density at radius 1 is 1.15 bits per heavy atom. The van der Waals surface area contributed by atoms with Crippen molar-refractivity contribution in [3.8, 4) is 5.75 Å². The van der Waals surface area contributed by atoms with Crippen LogP contribution in [0, 0.1) is 0 Å². The van der Waals surface area contributed by atoms with Crippen LogP contribution in [0.3, 0.4) is 0 Å². The smallest absolute Gasteiger partial charge is 0.229 e. The predicted molar refractivity (Wildman–Crippen MR) is 81.8 cm³/mol. The van der Waals surface area contributed by atoms with E-state index in [1.165, 1.54) is 0 Å². The molecule has 0 saturated heterocycles. The van der Waals surface area contributed by atoms with E-state index in [9.17, 15) is 4.79 Å². The molecule has 4 heteroatoms. The molecule has 0 saturated carbocycles. The maximum atomic E-state index is 11.8. The maximum Gasteiger partial charge on any atom is 0.229 e. The molecule has 2 aromatic rings. The van der Waals surface area contributed by atoms with E-state index < -0.39 is 11.2 Å². The van der Waals surface area contributed by atoms with Gasteiger partial charge < -0.3 is 4.74 Å². The first-order chi connectivity index (χ1) is 9.63. The number of benzene rings is 2. The van der Waals surface area contributed by atoms with E-state index >= 15 is 0 Å². The van der Waals surface area contributed by atoms with Crippen molar-refractivity contribution in [2.24, 2.45) is 0 Å². The average Bonchev–Trinajstić information content (AvgIpc) is 2.46. The van der Waals surface area contributed by atoms with Gasteiger partial charge >= 0.3 is 0 Å². The summed E-state index contributed by atoms with van der Waals surface area (Å²) in [5.41, 5.74) is 1.66. The van der Waals surface area contributed by atoms with Crippen LogP contribution in [-0.4, -0.2) is 12.4 Å². The Labute approximate surface area is 128 Å². The van der Waals surface area contributed by atoms with Crippen LogP contribution in [0.4, 0.5) is 0 Å². The summed E-state index contributed by atoms with van der Waals surface area (Å²) in [5.74, 6) is 0.254. The van der Waals surface area contributed by atoms with Crippen LogP contribution in [0.15, 0.2) is 48.5 Å². The quantitative estimate of drug-likeness (QED) is 0.763. The molecular formula is C16H14Cl2O2. The zero-order valence-corrected chi connectivity index (χ0v) is 12.5. The summed E-state index contributed by atoms with van der Waals surface area (Å²) in [7, 11) is 1.60. The Hall–Kier alpha value is -1.51. The molecule has 20 heavy (non-hydrogen) atoms. The number of hydrogen-bond donors (Lipinski definition) is 0. The summed E-state index contributed by atoms with van der Waals surface area (Å²) in [6.45, 7) is 0. The molecule has 2 aromatic carbocycles. The van der Waals surface area contributed by atoms with Crippen LogP contribution in [0.25, 0.3) is 0 Å². The molecule has 0 N–H and O–H groups in total. The van der Waals surface area contributed by atoms with Crippen LogP contribution in [-0.2, 0) is 11.2 Å². The number of rotatable bonds is 5. The van der Waals surface area contributed by atoms with Gasteiger partial charge in [-0.3, -0.25) is 4.79 Å². The highest BCUT2D eigenvalue weighted by Crippen LogP contribution is 2.31. The highest BCUT2D eigenvalue weighted by Gasteiger charge is 2.22. The topological polar surface area (TPSA) is 26.3 Å². The Morgan fingerprint density at radius 2 is 1.80 bits per heavy atom. The van der Waals surface area contributed by atoms with Gasteiger partial charge in [-0.1, -0.05) is 48.0 Å². The molecule has 0 aliphatic carbocycles. The first-order valence-electron chi connectivity index (χ1n) is 6.19. The van der Waals surface area contributed by atoms with Crippen molar-refractivity contribution >= 4 is 28.4 Å². The number of methoxy groups -OCH3 is 1. The van der Waals surface area contributed by atoms with Gasteiger partial charge in [0.05, 0.1) is 13.0 Å². The second-order valence-corrected chi connectivity index (χ2v) is 5.17. The molecule has 0 fully saturated rings. The van der Waals surface area contributed by atoms with Crippen molar-refractivity contribution in [2.75, 3.05) is 7.11 Å². The van der Waals surface area contributed by atoms with Gasteiger partial charge in [0, 0.05) is 5.02 Å². The van der Waals surface area contributed by atoms with Crippen LogP contribution in [0.1, 0.15) is 17.0 Å². The van der Waals surface area contributed by atoms with E-state index in [1.807, 2.05) is 42.5 Å². The second kappa shape index (κ2) is 6.78. The third-order valence-electron chi connectivity index (χ3n) is 3.17. The molecule has 0 spiro atoms. The minimum atomic E-state index is -0.485. The van der Waals surface area contributed by atoms with Gasteiger partial charge in [0.15, 0.2) is 0 Å². The van der Waals surface area contributed by atoms with Crippen molar-refractivity contribution in [3.63, 3.8) is 0 Å². The van der Waals surface area contributed by atoms with Crippen molar-refractivity contribution < 1.29 is 9.53 Å². The lowest BCUT2D eigenvalue weighted by Crippen LogP contribution is -2.11. The third kappa shape index (κ3) is 3.33. The molecule has 0 aromatic heterocycles. The predicted octanol–water partition coefficient (Wildman–Crippen LogP) is 4.44. The standard InChI is InChI=1S/C16H14Cl2O2/c1-20-15-9-5-2-6-11(15)10-13(16(18)19)12-7-3-4-8-14(12)17/h2-9,13H,10H2,1H3. The van der Waals surface area contributed by atoms with Gasteiger partial charge in [-0.25, -0.2) is 0 Å². The van der Waals surface area contributed by atoms with E-state index in [-0.39, 0.29) is 0 Å². The number of halogens is 2.